The molecule has 1 fully saturated rings. The maximum atomic E-state index is 13.0. The van der Waals surface area contributed by atoms with Gasteiger partial charge in [-0.15, -0.1) is 0 Å². The summed E-state index contributed by atoms with van der Waals surface area (Å²) in [7, 11) is -3.92. The van der Waals surface area contributed by atoms with Crippen LogP contribution in [0.3, 0.4) is 0 Å². The maximum absolute atomic E-state index is 13.0. The monoisotopic (exact) mass is 411 g/mol. The fourth-order valence-corrected chi connectivity index (χ4v) is 4.38. The number of sulfonamides is 1. The SMILES string of the molecule is CC(C)C[C@@H](NS(=O)(=O)c1cccc(-c2ccccc2)c1)C(=O)NC1(C#N)CC1. The molecule has 0 unspecified atom stereocenters. The zero-order chi connectivity index (χ0) is 21.1. The van der Waals surface area contributed by atoms with Crippen LogP contribution in [-0.2, 0) is 14.8 Å². The van der Waals surface area contributed by atoms with Crippen molar-refractivity contribution >= 4 is 15.9 Å². The Bertz CT molecular complexity index is 1020. The van der Waals surface area contributed by atoms with Gasteiger partial charge in [-0.25, -0.2) is 8.42 Å². The van der Waals surface area contributed by atoms with E-state index in [1.807, 2.05) is 50.2 Å². The van der Waals surface area contributed by atoms with Gasteiger partial charge < -0.3 is 5.32 Å². The van der Waals surface area contributed by atoms with E-state index in [9.17, 15) is 18.5 Å². The molecule has 1 aliphatic rings. The number of hydrogen-bond donors (Lipinski definition) is 2. The van der Waals surface area contributed by atoms with Crippen molar-refractivity contribution in [3.8, 4) is 17.2 Å². The Hall–Kier alpha value is -2.69. The molecule has 7 heteroatoms. The summed E-state index contributed by atoms with van der Waals surface area (Å²) in [4.78, 5) is 12.8. The average molecular weight is 412 g/mol. The van der Waals surface area contributed by atoms with Crippen molar-refractivity contribution < 1.29 is 13.2 Å². The number of nitriles is 1. The van der Waals surface area contributed by atoms with Crippen molar-refractivity contribution in [3.05, 3.63) is 54.6 Å². The summed E-state index contributed by atoms with van der Waals surface area (Å²) in [6, 6.07) is 17.3. The summed E-state index contributed by atoms with van der Waals surface area (Å²) < 4.78 is 28.6. The fraction of sp³-hybridized carbons (Fsp3) is 0.364. The highest BCUT2D eigenvalue weighted by Gasteiger charge is 2.46. The van der Waals surface area contributed by atoms with E-state index in [0.717, 1.165) is 11.1 Å². The minimum atomic E-state index is -3.92. The van der Waals surface area contributed by atoms with Gasteiger partial charge in [-0.05, 0) is 48.4 Å². The predicted molar refractivity (Wildman–Crippen MR) is 111 cm³/mol. The number of hydrogen-bond acceptors (Lipinski definition) is 4. The van der Waals surface area contributed by atoms with E-state index in [0.29, 0.717) is 19.3 Å². The van der Waals surface area contributed by atoms with Crippen molar-refractivity contribution in [1.29, 1.82) is 5.26 Å². The Morgan fingerprint density at radius 1 is 1.10 bits per heavy atom. The molecule has 0 radical (unpaired) electrons. The van der Waals surface area contributed by atoms with Gasteiger partial charge in [0.15, 0.2) is 0 Å². The summed E-state index contributed by atoms with van der Waals surface area (Å²) in [5, 5.41) is 11.9. The van der Waals surface area contributed by atoms with Gasteiger partial charge in [-0.1, -0.05) is 56.3 Å². The van der Waals surface area contributed by atoms with E-state index in [1.165, 1.54) is 6.07 Å². The Morgan fingerprint density at radius 3 is 2.34 bits per heavy atom. The van der Waals surface area contributed by atoms with Crippen molar-refractivity contribution in [3.63, 3.8) is 0 Å². The van der Waals surface area contributed by atoms with E-state index in [1.54, 1.807) is 12.1 Å². The van der Waals surface area contributed by atoms with Gasteiger partial charge >= 0.3 is 0 Å². The Labute approximate surface area is 172 Å². The first-order valence-electron chi connectivity index (χ1n) is 9.66. The number of carbonyl (C=O) groups excluding carboxylic acids is 1. The number of benzene rings is 2. The summed E-state index contributed by atoms with van der Waals surface area (Å²) in [6.07, 6.45) is 1.52. The van der Waals surface area contributed by atoms with E-state index in [4.69, 9.17) is 0 Å². The van der Waals surface area contributed by atoms with E-state index in [2.05, 4.69) is 16.1 Å². The first-order valence-corrected chi connectivity index (χ1v) is 11.1. The van der Waals surface area contributed by atoms with Crippen molar-refractivity contribution in [2.45, 2.75) is 49.6 Å². The van der Waals surface area contributed by atoms with Gasteiger partial charge in [0.2, 0.25) is 15.9 Å². The second-order valence-corrected chi connectivity index (χ2v) is 9.59. The molecule has 0 aliphatic heterocycles. The third-order valence-corrected chi connectivity index (χ3v) is 6.37. The average Bonchev–Trinajstić information content (AvgIpc) is 3.47. The van der Waals surface area contributed by atoms with Crippen LogP contribution in [0.4, 0.5) is 0 Å². The number of nitrogens with one attached hydrogen (secondary N) is 2. The molecule has 2 aromatic carbocycles. The van der Waals surface area contributed by atoms with Crippen LogP contribution in [-0.4, -0.2) is 25.9 Å². The van der Waals surface area contributed by atoms with Crippen LogP contribution in [0.25, 0.3) is 11.1 Å². The van der Waals surface area contributed by atoms with Crippen molar-refractivity contribution in [2.75, 3.05) is 0 Å². The minimum Gasteiger partial charge on any atom is -0.336 e. The molecular formula is C22H25N3O3S. The summed E-state index contributed by atoms with van der Waals surface area (Å²) in [5.41, 5.74) is 0.843. The number of nitrogens with zero attached hydrogens (tertiary/aromatic N) is 1. The zero-order valence-electron chi connectivity index (χ0n) is 16.6. The van der Waals surface area contributed by atoms with Crippen LogP contribution in [0, 0.1) is 17.2 Å². The summed E-state index contributed by atoms with van der Waals surface area (Å²) >= 11 is 0. The minimum absolute atomic E-state index is 0.0985. The topological polar surface area (TPSA) is 99.1 Å². The molecule has 1 aliphatic carbocycles. The highest BCUT2D eigenvalue weighted by atomic mass is 32.2. The van der Waals surface area contributed by atoms with E-state index < -0.39 is 27.5 Å². The summed E-state index contributed by atoms with van der Waals surface area (Å²) in [6.45, 7) is 3.84. The van der Waals surface area contributed by atoms with Gasteiger partial charge in [0.25, 0.3) is 0 Å². The van der Waals surface area contributed by atoms with E-state index >= 15 is 0 Å². The first kappa shape index (κ1) is 21.0. The Kier molecular flexibility index (Phi) is 6.06. The third kappa shape index (κ3) is 5.22. The lowest BCUT2D eigenvalue weighted by Crippen LogP contribution is -2.50. The van der Waals surface area contributed by atoms with Crippen LogP contribution in [0.1, 0.15) is 33.1 Å². The largest absolute Gasteiger partial charge is 0.336 e. The molecule has 2 N–H and O–H groups in total. The lowest BCUT2D eigenvalue weighted by atomic mass is 10.0. The fourth-order valence-electron chi connectivity index (χ4n) is 3.12. The molecule has 1 atom stereocenters. The number of carbonyl (C=O) groups is 1. The molecule has 0 spiro atoms. The normalized spacial score (nSPS) is 16.1. The molecule has 0 bridgehead atoms. The molecule has 0 aromatic heterocycles. The lowest BCUT2D eigenvalue weighted by molar-refractivity contribution is -0.123. The van der Waals surface area contributed by atoms with Crippen molar-refractivity contribution in [1.82, 2.24) is 10.0 Å². The van der Waals surface area contributed by atoms with E-state index in [-0.39, 0.29) is 10.8 Å². The standard InChI is InChI=1S/C22H25N3O3S/c1-16(2)13-20(21(26)24-22(15-23)11-12-22)25-29(27,28)19-10-6-9-18(14-19)17-7-4-3-5-8-17/h3-10,14,16,20,25H,11-13H2,1-2H3,(H,24,26)/t20-/m1/s1. The molecule has 3 rings (SSSR count). The maximum Gasteiger partial charge on any atom is 0.241 e. The zero-order valence-corrected chi connectivity index (χ0v) is 17.4. The van der Waals surface area contributed by atoms with Crippen LogP contribution in [0.5, 0.6) is 0 Å². The second kappa shape index (κ2) is 8.36. The van der Waals surface area contributed by atoms with Gasteiger partial charge in [0.1, 0.15) is 11.6 Å². The Morgan fingerprint density at radius 2 is 1.76 bits per heavy atom. The quantitative estimate of drug-likeness (QED) is 0.697. The predicted octanol–water partition coefficient (Wildman–Crippen LogP) is 3.22. The molecular weight excluding hydrogens is 386 g/mol. The van der Waals surface area contributed by atoms with Gasteiger partial charge in [-0.3, -0.25) is 4.79 Å². The molecule has 2 aromatic rings. The first-order chi connectivity index (χ1) is 13.7. The highest BCUT2D eigenvalue weighted by Crippen LogP contribution is 2.34. The summed E-state index contributed by atoms with van der Waals surface area (Å²) in [5.74, 6) is -0.359. The van der Waals surface area contributed by atoms with Crippen LogP contribution in [0.2, 0.25) is 0 Å². The van der Waals surface area contributed by atoms with Gasteiger partial charge in [-0.2, -0.15) is 9.98 Å². The van der Waals surface area contributed by atoms with Crippen LogP contribution in [0.15, 0.2) is 59.5 Å². The smallest absolute Gasteiger partial charge is 0.241 e. The third-order valence-electron chi connectivity index (χ3n) is 4.90. The lowest BCUT2D eigenvalue weighted by Gasteiger charge is -2.22. The molecule has 152 valence electrons. The highest BCUT2D eigenvalue weighted by molar-refractivity contribution is 7.89. The molecule has 0 saturated heterocycles. The van der Waals surface area contributed by atoms with Crippen molar-refractivity contribution in [2.24, 2.45) is 5.92 Å². The molecule has 29 heavy (non-hydrogen) atoms. The van der Waals surface area contributed by atoms with Crippen LogP contribution >= 0.6 is 0 Å². The second-order valence-electron chi connectivity index (χ2n) is 7.88. The van der Waals surface area contributed by atoms with Crippen LogP contribution < -0.4 is 10.0 Å². The molecule has 6 nitrogen and oxygen atoms in total. The van der Waals surface area contributed by atoms with Gasteiger partial charge in [0.05, 0.1) is 11.0 Å². The van der Waals surface area contributed by atoms with Gasteiger partial charge in [0, 0.05) is 0 Å². The molecule has 1 saturated carbocycles. The Balaban J connectivity index is 1.83. The molecule has 1 amide bonds. The molecule has 0 heterocycles. The number of amides is 1. The number of rotatable bonds is 8.